The Morgan fingerprint density at radius 2 is 1.95 bits per heavy atom. The molecule has 2 saturated carbocycles. The van der Waals surface area contributed by atoms with Crippen molar-refractivity contribution in [3.05, 3.63) is 34.2 Å². The SMILES string of the molecule is NC1CC2CCCC(C1)C2NC(=O)c1ccc(=O)[nH]c1. The molecule has 1 heterocycles. The van der Waals surface area contributed by atoms with Gasteiger partial charge in [-0.1, -0.05) is 6.42 Å². The van der Waals surface area contributed by atoms with Crippen LogP contribution in [0.2, 0.25) is 0 Å². The number of hydrogen-bond donors (Lipinski definition) is 3. The van der Waals surface area contributed by atoms with Gasteiger partial charge in [0, 0.05) is 24.3 Å². The number of amides is 1. The Labute approximate surface area is 118 Å². The Balaban J connectivity index is 1.72. The van der Waals surface area contributed by atoms with E-state index in [1.807, 2.05) is 0 Å². The van der Waals surface area contributed by atoms with Gasteiger partial charge >= 0.3 is 0 Å². The van der Waals surface area contributed by atoms with Crippen molar-refractivity contribution in [3.8, 4) is 0 Å². The summed E-state index contributed by atoms with van der Waals surface area (Å²) < 4.78 is 0. The van der Waals surface area contributed by atoms with Crippen molar-refractivity contribution in [2.24, 2.45) is 17.6 Å². The zero-order valence-electron chi connectivity index (χ0n) is 11.5. The Kier molecular flexibility index (Phi) is 3.61. The summed E-state index contributed by atoms with van der Waals surface area (Å²) in [6, 6.07) is 3.47. The minimum absolute atomic E-state index is 0.0985. The third-order valence-electron chi connectivity index (χ3n) is 4.72. The third kappa shape index (κ3) is 2.63. The highest BCUT2D eigenvalue weighted by Gasteiger charge is 2.39. The average molecular weight is 275 g/mol. The topological polar surface area (TPSA) is 88.0 Å². The van der Waals surface area contributed by atoms with Crippen LogP contribution in [0.15, 0.2) is 23.1 Å². The lowest BCUT2D eigenvalue weighted by Gasteiger charge is -2.45. The van der Waals surface area contributed by atoms with Crippen LogP contribution in [-0.2, 0) is 0 Å². The van der Waals surface area contributed by atoms with Crippen LogP contribution in [0, 0.1) is 11.8 Å². The fraction of sp³-hybridized carbons (Fsp3) is 0.600. The van der Waals surface area contributed by atoms with Crippen molar-refractivity contribution < 1.29 is 4.79 Å². The zero-order valence-corrected chi connectivity index (χ0v) is 11.5. The minimum atomic E-state index is -0.193. The van der Waals surface area contributed by atoms with Crippen molar-refractivity contribution >= 4 is 5.91 Å². The summed E-state index contributed by atoms with van der Waals surface area (Å²) in [6.07, 6.45) is 7.04. The Bertz CT molecular complexity index is 520. The second-order valence-corrected chi connectivity index (χ2v) is 6.12. The van der Waals surface area contributed by atoms with Crippen LogP contribution in [0.4, 0.5) is 0 Å². The molecule has 20 heavy (non-hydrogen) atoms. The molecule has 108 valence electrons. The number of nitrogens with two attached hydrogens (primary N) is 1. The van der Waals surface area contributed by atoms with Gasteiger partial charge in [-0.25, -0.2) is 0 Å². The summed E-state index contributed by atoms with van der Waals surface area (Å²) in [5.41, 5.74) is 6.41. The molecule has 1 amide bonds. The van der Waals surface area contributed by atoms with Gasteiger partial charge in [0.05, 0.1) is 5.56 Å². The van der Waals surface area contributed by atoms with Crippen molar-refractivity contribution in [2.75, 3.05) is 0 Å². The second kappa shape index (κ2) is 5.40. The lowest BCUT2D eigenvalue weighted by Crippen LogP contribution is -2.53. The fourth-order valence-electron chi connectivity index (χ4n) is 3.81. The molecular formula is C15H21N3O2. The van der Waals surface area contributed by atoms with E-state index in [4.69, 9.17) is 5.73 Å². The maximum absolute atomic E-state index is 12.3. The van der Waals surface area contributed by atoms with Gasteiger partial charge in [0.25, 0.3) is 5.91 Å². The molecule has 0 aromatic carbocycles. The van der Waals surface area contributed by atoms with E-state index in [-0.39, 0.29) is 23.6 Å². The fourth-order valence-corrected chi connectivity index (χ4v) is 3.81. The molecular weight excluding hydrogens is 254 g/mol. The quantitative estimate of drug-likeness (QED) is 0.752. The predicted octanol–water partition coefficient (Wildman–Crippen LogP) is 1.01. The van der Waals surface area contributed by atoms with Crippen LogP contribution in [0.25, 0.3) is 0 Å². The molecule has 1 aromatic rings. The lowest BCUT2D eigenvalue weighted by molar-refractivity contribution is 0.0755. The minimum Gasteiger partial charge on any atom is -0.349 e. The van der Waals surface area contributed by atoms with Crippen LogP contribution >= 0.6 is 0 Å². The number of carbonyl (C=O) groups is 1. The summed E-state index contributed by atoms with van der Waals surface area (Å²) in [5.74, 6) is 0.909. The predicted molar refractivity (Wildman–Crippen MR) is 76.4 cm³/mol. The van der Waals surface area contributed by atoms with Crippen molar-refractivity contribution in [2.45, 2.75) is 44.2 Å². The van der Waals surface area contributed by atoms with Crippen LogP contribution in [0.3, 0.4) is 0 Å². The van der Waals surface area contributed by atoms with Crippen LogP contribution in [-0.4, -0.2) is 23.0 Å². The monoisotopic (exact) mass is 275 g/mol. The number of nitrogens with one attached hydrogen (secondary N) is 2. The van der Waals surface area contributed by atoms with Gasteiger partial charge in [-0.15, -0.1) is 0 Å². The number of hydrogen-bond acceptors (Lipinski definition) is 3. The molecule has 5 nitrogen and oxygen atoms in total. The van der Waals surface area contributed by atoms with E-state index < -0.39 is 0 Å². The number of fused-ring (bicyclic) bond motifs is 2. The number of aromatic nitrogens is 1. The molecule has 0 aliphatic heterocycles. The van der Waals surface area contributed by atoms with E-state index in [2.05, 4.69) is 10.3 Å². The molecule has 4 N–H and O–H groups in total. The highest BCUT2D eigenvalue weighted by Crippen LogP contribution is 2.39. The Hall–Kier alpha value is -1.62. The van der Waals surface area contributed by atoms with Crippen molar-refractivity contribution in [1.29, 1.82) is 0 Å². The molecule has 2 unspecified atom stereocenters. The average Bonchev–Trinajstić information content (AvgIpc) is 2.40. The molecule has 2 aliphatic carbocycles. The molecule has 5 heteroatoms. The largest absolute Gasteiger partial charge is 0.349 e. The van der Waals surface area contributed by atoms with Crippen molar-refractivity contribution in [3.63, 3.8) is 0 Å². The number of H-pyrrole nitrogens is 1. The van der Waals surface area contributed by atoms with E-state index in [0.717, 1.165) is 25.7 Å². The first-order valence-corrected chi connectivity index (χ1v) is 7.38. The first-order chi connectivity index (χ1) is 9.63. The molecule has 2 aliphatic rings. The normalized spacial score (nSPS) is 32.6. The summed E-state index contributed by atoms with van der Waals surface area (Å²) in [5, 5.41) is 3.16. The van der Waals surface area contributed by atoms with E-state index in [9.17, 15) is 9.59 Å². The Morgan fingerprint density at radius 1 is 1.25 bits per heavy atom. The van der Waals surface area contributed by atoms with Crippen LogP contribution in [0.5, 0.6) is 0 Å². The smallest absolute Gasteiger partial charge is 0.252 e. The van der Waals surface area contributed by atoms with E-state index >= 15 is 0 Å². The molecule has 0 spiro atoms. The highest BCUT2D eigenvalue weighted by molar-refractivity contribution is 5.94. The summed E-state index contributed by atoms with van der Waals surface area (Å²) in [7, 11) is 0. The summed E-state index contributed by atoms with van der Waals surface area (Å²) >= 11 is 0. The van der Waals surface area contributed by atoms with E-state index in [1.165, 1.54) is 18.7 Å². The maximum Gasteiger partial charge on any atom is 0.252 e. The van der Waals surface area contributed by atoms with Crippen molar-refractivity contribution in [1.82, 2.24) is 10.3 Å². The highest BCUT2D eigenvalue weighted by atomic mass is 16.2. The second-order valence-electron chi connectivity index (χ2n) is 6.12. The Morgan fingerprint density at radius 3 is 2.55 bits per heavy atom. The molecule has 1 aromatic heterocycles. The number of pyridine rings is 1. The van der Waals surface area contributed by atoms with E-state index in [1.54, 1.807) is 6.07 Å². The molecule has 0 saturated heterocycles. The molecule has 3 rings (SSSR count). The molecule has 2 bridgehead atoms. The lowest BCUT2D eigenvalue weighted by atomic mass is 9.67. The van der Waals surface area contributed by atoms with Crippen LogP contribution < -0.4 is 16.6 Å². The van der Waals surface area contributed by atoms with Gasteiger partial charge in [-0.05, 0) is 43.6 Å². The molecule has 2 atom stereocenters. The third-order valence-corrected chi connectivity index (χ3v) is 4.72. The van der Waals surface area contributed by atoms with Gasteiger partial charge in [0.15, 0.2) is 0 Å². The number of rotatable bonds is 2. The number of carbonyl (C=O) groups excluding carboxylic acids is 1. The van der Waals surface area contributed by atoms with Gasteiger partial charge in [0.2, 0.25) is 5.56 Å². The molecule has 0 radical (unpaired) electrons. The maximum atomic E-state index is 12.3. The van der Waals surface area contributed by atoms with Crippen LogP contribution in [0.1, 0.15) is 42.5 Å². The summed E-state index contributed by atoms with van der Waals surface area (Å²) in [6.45, 7) is 0. The summed E-state index contributed by atoms with van der Waals surface area (Å²) in [4.78, 5) is 25.8. The first-order valence-electron chi connectivity index (χ1n) is 7.38. The van der Waals surface area contributed by atoms with Gasteiger partial charge < -0.3 is 16.0 Å². The van der Waals surface area contributed by atoms with Gasteiger partial charge in [-0.3, -0.25) is 9.59 Å². The molecule has 2 fully saturated rings. The van der Waals surface area contributed by atoms with E-state index in [0.29, 0.717) is 17.4 Å². The standard InChI is InChI=1S/C15H21N3O2/c16-12-6-9-2-1-3-10(7-12)14(9)18-15(20)11-4-5-13(19)17-8-11/h4-5,8-10,12,14H,1-3,6-7,16H2,(H,17,19)(H,18,20). The first kappa shape index (κ1) is 13.4. The van der Waals surface area contributed by atoms with Gasteiger partial charge in [-0.2, -0.15) is 0 Å². The number of aromatic amines is 1. The van der Waals surface area contributed by atoms with Gasteiger partial charge in [0.1, 0.15) is 0 Å². The zero-order chi connectivity index (χ0) is 14.1.